The summed E-state index contributed by atoms with van der Waals surface area (Å²) in [5, 5.41) is 15.1. The van der Waals surface area contributed by atoms with Gasteiger partial charge in [0.1, 0.15) is 17.8 Å². The van der Waals surface area contributed by atoms with Crippen molar-refractivity contribution in [3.63, 3.8) is 0 Å². The van der Waals surface area contributed by atoms with Crippen LogP contribution in [0.4, 0.5) is 0 Å². The number of nitrogens with one attached hydrogen (secondary N) is 1. The molecular formula is C19H20N2O5. The van der Waals surface area contributed by atoms with E-state index in [4.69, 9.17) is 9.47 Å². The number of rotatable bonds is 5. The third-order valence-corrected chi connectivity index (χ3v) is 4.79. The summed E-state index contributed by atoms with van der Waals surface area (Å²) in [5.41, 5.74) is 1.45. The van der Waals surface area contributed by atoms with Gasteiger partial charge in [0.2, 0.25) is 6.04 Å². The minimum atomic E-state index is -1.00. The van der Waals surface area contributed by atoms with Gasteiger partial charge in [0.05, 0.1) is 20.1 Å². The fraction of sp³-hybridized carbons (Fsp3) is 0.316. The van der Waals surface area contributed by atoms with Crippen LogP contribution in [0.15, 0.2) is 54.6 Å². The van der Waals surface area contributed by atoms with E-state index in [1.807, 2.05) is 6.07 Å². The number of carbonyl (C=O) groups is 1. The highest BCUT2D eigenvalue weighted by Gasteiger charge is 2.54. The highest BCUT2D eigenvalue weighted by atomic mass is 16.6. The van der Waals surface area contributed by atoms with E-state index in [0.29, 0.717) is 5.75 Å². The summed E-state index contributed by atoms with van der Waals surface area (Å²) in [6.45, 7) is 0. The highest BCUT2D eigenvalue weighted by molar-refractivity contribution is 5.78. The number of benzene rings is 2. The van der Waals surface area contributed by atoms with Gasteiger partial charge in [-0.15, -0.1) is 0 Å². The molecule has 0 amide bonds. The zero-order valence-electron chi connectivity index (χ0n) is 14.5. The lowest BCUT2D eigenvalue weighted by atomic mass is 9.85. The molecule has 0 saturated carbocycles. The van der Waals surface area contributed by atoms with Crippen molar-refractivity contribution in [3.8, 4) is 5.75 Å². The Balaban J connectivity index is 2.04. The summed E-state index contributed by atoms with van der Waals surface area (Å²) in [6, 6.07) is 13.7. The van der Waals surface area contributed by atoms with Crippen molar-refractivity contribution in [2.75, 3.05) is 14.2 Å². The fourth-order valence-electron chi connectivity index (χ4n) is 3.56. The van der Waals surface area contributed by atoms with E-state index in [2.05, 4.69) is 5.32 Å². The molecule has 0 radical (unpaired) electrons. The number of esters is 1. The van der Waals surface area contributed by atoms with Gasteiger partial charge in [0, 0.05) is 4.92 Å². The zero-order valence-corrected chi connectivity index (χ0v) is 14.5. The number of nitro groups is 1. The van der Waals surface area contributed by atoms with Gasteiger partial charge in [-0.05, 0) is 23.3 Å². The van der Waals surface area contributed by atoms with Crippen LogP contribution in [0.25, 0.3) is 0 Å². The van der Waals surface area contributed by atoms with E-state index in [9.17, 15) is 14.9 Å². The van der Waals surface area contributed by atoms with Crippen molar-refractivity contribution in [1.29, 1.82) is 0 Å². The second kappa shape index (κ2) is 7.53. The summed E-state index contributed by atoms with van der Waals surface area (Å²) in [7, 11) is 2.84. The third kappa shape index (κ3) is 3.25. The monoisotopic (exact) mass is 356 g/mol. The number of ether oxygens (including phenoxy) is 2. The molecule has 26 heavy (non-hydrogen) atoms. The molecular weight excluding hydrogens is 336 g/mol. The quantitative estimate of drug-likeness (QED) is 0.502. The Bertz CT molecular complexity index is 778. The van der Waals surface area contributed by atoms with Gasteiger partial charge in [0.15, 0.2) is 0 Å². The van der Waals surface area contributed by atoms with E-state index in [1.165, 1.54) is 7.11 Å². The lowest BCUT2D eigenvalue weighted by molar-refractivity contribution is -0.527. The van der Waals surface area contributed by atoms with Gasteiger partial charge in [-0.25, -0.2) is 0 Å². The molecule has 7 heteroatoms. The minimum absolute atomic E-state index is 0.317. The van der Waals surface area contributed by atoms with Crippen LogP contribution in [0.1, 0.15) is 23.1 Å². The molecule has 3 rings (SSSR count). The van der Waals surface area contributed by atoms with Crippen LogP contribution in [0.3, 0.4) is 0 Å². The maximum atomic E-state index is 12.3. The minimum Gasteiger partial charge on any atom is -0.497 e. The van der Waals surface area contributed by atoms with Crippen molar-refractivity contribution >= 4 is 5.97 Å². The van der Waals surface area contributed by atoms with E-state index in [-0.39, 0.29) is 4.92 Å². The van der Waals surface area contributed by atoms with Crippen molar-refractivity contribution in [1.82, 2.24) is 5.32 Å². The molecule has 1 N–H and O–H groups in total. The maximum Gasteiger partial charge on any atom is 0.323 e. The number of hydrogen-bond acceptors (Lipinski definition) is 6. The molecule has 0 aliphatic carbocycles. The Labute approximate surface area is 151 Å². The summed E-state index contributed by atoms with van der Waals surface area (Å²) in [5.74, 6) is -0.485. The first-order valence-electron chi connectivity index (χ1n) is 8.23. The van der Waals surface area contributed by atoms with Crippen LogP contribution in [0.2, 0.25) is 0 Å². The molecule has 1 saturated heterocycles. The van der Waals surface area contributed by atoms with Crippen molar-refractivity contribution in [2.24, 2.45) is 0 Å². The number of methoxy groups -OCH3 is 2. The molecule has 2 aromatic rings. The van der Waals surface area contributed by atoms with Crippen LogP contribution < -0.4 is 10.1 Å². The van der Waals surface area contributed by atoms with Crippen LogP contribution >= 0.6 is 0 Å². The first kappa shape index (κ1) is 17.9. The van der Waals surface area contributed by atoms with Gasteiger partial charge in [-0.1, -0.05) is 42.5 Å². The van der Waals surface area contributed by atoms with Crippen LogP contribution in [0, 0.1) is 10.1 Å². The molecule has 0 aromatic heterocycles. The fourth-order valence-corrected chi connectivity index (χ4v) is 3.56. The average molecular weight is 356 g/mol. The Morgan fingerprint density at radius 3 is 2.23 bits per heavy atom. The van der Waals surface area contributed by atoms with Gasteiger partial charge in [-0.2, -0.15) is 0 Å². The summed E-state index contributed by atoms with van der Waals surface area (Å²) in [6.07, 6.45) is 0. The predicted octanol–water partition coefficient (Wildman–Crippen LogP) is 2.31. The zero-order chi connectivity index (χ0) is 18.7. The van der Waals surface area contributed by atoms with Crippen LogP contribution in [-0.2, 0) is 9.53 Å². The molecule has 7 nitrogen and oxygen atoms in total. The molecule has 1 aliphatic heterocycles. The van der Waals surface area contributed by atoms with E-state index >= 15 is 0 Å². The largest absolute Gasteiger partial charge is 0.497 e. The lowest BCUT2D eigenvalue weighted by Gasteiger charge is -2.19. The maximum absolute atomic E-state index is 12.3. The molecule has 0 bridgehead atoms. The molecule has 1 fully saturated rings. The van der Waals surface area contributed by atoms with Crippen LogP contribution in [0.5, 0.6) is 5.75 Å². The first-order chi connectivity index (χ1) is 12.6. The second-order valence-electron chi connectivity index (χ2n) is 6.13. The third-order valence-electron chi connectivity index (χ3n) is 4.79. The number of carbonyl (C=O) groups excluding carboxylic acids is 1. The van der Waals surface area contributed by atoms with E-state index < -0.39 is 30.0 Å². The molecule has 0 spiro atoms. The summed E-state index contributed by atoms with van der Waals surface area (Å²) in [4.78, 5) is 23.9. The first-order valence-corrected chi connectivity index (χ1v) is 8.23. The van der Waals surface area contributed by atoms with Gasteiger partial charge in [-0.3, -0.25) is 20.2 Å². The van der Waals surface area contributed by atoms with Crippen molar-refractivity contribution in [2.45, 2.75) is 24.0 Å². The molecule has 4 atom stereocenters. The topological polar surface area (TPSA) is 90.7 Å². The van der Waals surface area contributed by atoms with Crippen LogP contribution in [-0.4, -0.2) is 37.2 Å². The Hall–Kier alpha value is -2.93. The standard InChI is InChI=1S/C19H20N2O5/c1-25-14-10-8-13(9-11-14)16-18(21(23)24)15(12-6-4-3-5-7-12)17(20-16)19(22)26-2/h3-11,15-18,20H,1-2H3/t15?,16?,17-,18-/m0/s1. The van der Waals surface area contributed by atoms with Gasteiger partial charge < -0.3 is 9.47 Å². The Kier molecular flexibility index (Phi) is 5.18. The Morgan fingerprint density at radius 1 is 1.04 bits per heavy atom. The van der Waals surface area contributed by atoms with E-state index in [1.54, 1.807) is 55.6 Å². The SMILES string of the molecule is COC(=O)[C@H]1NC(c2ccc(OC)cc2)[C@@H]([N+](=O)[O-])C1c1ccccc1. The van der Waals surface area contributed by atoms with Crippen molar-refractivity contribution < 1.29 is 19.2 Å². The number of nitrogens with zero attached hydrogens (tertiary/aromatic N) is 1. The molecule has 2 aromatic carbocycles. The molecule has 1 heterocycles. The van der Waals surface area contributed by atoms with Gasteiger partial charge in [0.25, 0.3) is 0 Å². The predicted molar refractivity (Wildman–Crippen MR) is 94.6 cm³/mol. The lowest BCUT2D eigenvalue weighted by Crippen LogP contribution is -2.37. The summed E-state index contributed by atoms with van der Waals surface area (Å²) < 4.78 is 10.0. The second-order valence-corrected chi connectivity index (χ2v) is 6.13. The van der Waals surface area contributed by atoms with Gasteiger partial charge >= 0.3 is 5.97 Å². The smallest absolute Gasteiger partial charge is 0.323 e. The normalized spacial score (nSPS) is 24.8. The van der Waals surface area contributed by atoms with E-state index in [0.717, 1.165) is 11.1 Å². The molecule has 1 aliphatic rings. The highest BCUT2D eigenvalue weighted by Crippen LogP contribution is 2.40. The molecule has 136 valence electrons. The Morgan fingerprint density at radius 2 is 1.69 bits per heavy atom. The number of hydrogen-bond donors (Lipinski definition) is 1. The van der Waals surface area contributed by atoms with Crippen molar-refractivity contribution in [3.05, 3.63) is 75.8 Å². The summed E-state index contributed by atoms with van der Waals surface area (Å²) >= 11 is 0. The average Bonchev–Trinajstić information content (AvgIpc) is 3.09. The molecule has 2 unspecified atom stereocenters.